The molecule has 2 aliphatic heterocycles. The van der Waals surface area contributed by atoms with Gasteiger partial charge in [-0.25, -0.2) is 8.42 Å². The molecule has 11 heteroatoms. The lowest BCUT2D eigenvalue weighted by molar-refractivity contribution is 0.174. The lowest BCUT2D eigenvalue weighted by Crippen LogP contribution is -2.29. The van der Waals surface area contributed by atoms with E-state index in [4.69, 9.17) is 21.7 Å². The summed E-state index contributed by atoms with van der Waals surface area (Å²) in [5.74, 6) is 1.46. The minimum atomic E-state index is -3.41. The third kappa shape index (κ3) is 4.65. The predicted molar refractivity (Wildman–Crippen MR) is 159 cm³/mol. The van der Waals surface area contributed by atoms with Crippen LogP contribution < -0.4 is 24.4 Å². The Balaban J connectivity index is 1.47. The molecule has 4 aromatic rings. The number of aryl methyl sites for hydroxylation is 2. The van der Waals surface area contributed by atoms with Crippen LogP contribution in [0.1, 0.15) is 40.3 Å². The number of benzene rings is 2. The number of hydrogen-bond acceptors (Lipinski definition) is 6. The Labute approximate surface area is 238 Å². The molecule has 2 aromatic heterocycles. The van der Waals surface area contributed by atoms with Crippen LogP contribution in [0.5, 0.6) is 11.5 Å². The number of ether oxygens (including phenoxy) is 2. The van der Waals surface area contributed by atoms with Crippen LogP contribution in [0.4, 0.5) is 11.4 Å². The topological polar surface area (TPSA) is 97.7 Å². The average molecular weight is 576 g/mol. The van der Waals surface area contributed by atoms with E-state index in [1.807, 2.05) is 55.5 Å². The number of fused-ring (bicyclic) bond motifs is 1. The van der Waals surface area contributed by atoms with Gasteiger partial charge in [-0.3, -0.25) is 9.71 Å². The molecule has 0 spiro atoms. The van der Waals surface area contributed by atoms with Gasteiger partial charge < -0.3 is 24.3 Å². The minimum Gasteiger partial charge on any atom is -0.454 e. The van der Waals surface area contributed by atoms with Crippen molar-refractivity contribution >= 4 is 38.7 Å². The number of anilines is 2. The summed E-state index contributed by atoms with van der Waals surface area (Å²) in [6.07, 6.45) is 2.93. The highest BCUT2D eigenvalue weighted by molar-refractivity contribution is 7.92. The van der Waals surface area contributed by atoms with E-state index in [1.165, 1.54) is 0 Å². The van der Waals surface area contributed by atoms with Crippen molar-refractivity contribution < 1.29 is 17.9 Å². The highest BCUT2D eigenvalue weighted by Gasteiger charge is 2.42. The molecule has 206 valence electrons. The minimum absolute atomic E-state index is 0.214. The summed E-state index contributed by atoms with van der Waals surface area (Å²) in [5.41, 5.74) is 7.24. The second kappa shape index (κ2) is 9.83. The molecule has 2 aliphatic rings. The maximum Gasteiger partial charge on any atom is 0.231 e. The van der Waals surface area contributed by atoms with Crippen LogP contribution in [0.3, 0.4) is 0 Å². The number of hydrogen-bond donors (Lipinski definition) is 2. The van der Waals surface area contributed by atoms with Crippen molar-refractivity contribution in [3.63, 3.8) is 0 Å². The number of pyridine rings is 1. The van der Waals surface area contributed by atoms with E-state index in [0.29, 0.717) is 10.8 Å². The molecule has 0 amide bonds. The first-order valence-corrected chi connectivity index (χ1v) is 15.1. The lowest BCUT2D eigenvalue weighted by atomic mass is 9.96. The predicted octanol–water partition coefficient (Wildman–Crippen LogP) is 5.07. The summed E-state index contributed by atoms with van der Waals surface area (Å²) in [6, 6.07) is 19.2. The van der Waals surface area contributed by atoms with Crippen LogP contribution in [0.25, 0.3) is 5.69 Å². The van der Waals surface area contributed by atoms with Crippen molar-refractivity contribution in [1.29, 1.82) is 0 Å². The largest absolute Gasteiger partial charge is 0.454 e. The molecule has 1 saturated heterocycles. The number of nitrogens with one attached hydrogen (secondary N) is 2. The Morgan fingerprint density at radius 3 is 2.50 bits per heavy atom. The van der Waals surface area contributed by atoms with Gasteiger partial charge >= 0.3 is 0 Å². The Kier molecular flexibility index (Phi) is 6.42. The molecular weight excluding hydrogens is 546 g/mol. The number of sulfonamides is 1. The fraction of sp³-hybridized carbons (Fsp3) is 0.241. The highest BCUT2D eigenvalue weighted by atomic mass is 32.2. The van der Waals surface area contributed by atoms with Gasteiger partial charge in [-0.2, -0.15) is 0 Å². The van der Waals surface area contributed by atoms with Crippen molar-refractivity contribution in [3.8, 4) is 17.2 Å². The van der Waals surface area contributed by atoms with Crippen LogP contribution in [-0.2, 0) is 10.0 Å². The zero-order valence-electron chi connectivity index (χ0n) is 22.5. The van der Waals surface area contributed by atoms with Gasteiger partial charge in [-0.15, -0.1) is 0 Å². The van der Waals surface area contributed by atoms with Gasteiger partial charge in [0.25, 0.3) is 0 Å². The summed E-state index contributed by atoms with van der Waals surface area (Å²) in [6.45, 7) is 6.28. The summed E-state index contributed by atoms with van der Waals surface area (Å²) < 4.78 is 39.7. The zero-order chi connectivity index (χ0) is 28.2. The molecule has 2 aromatic carbocycles. The van der Waals surface area contributed by atoms with E-state index in [2.05, 4.69) is 44.4 Å². The van der Waals surface area contributed by atoms with E-state index in [1.54, 1.807) is 12.3 Å². The number of rotatable bonds is 6. The Morgan fingerprint density at radius 2 is 1.77 bits per heavy atom. The fourth-order valence-corrected chi connectivity index (χ4v) is 6.54. The van der Waals surface area contributed by atoms with Crippen LogP contribution in [0.15, 0.2) is 66.9 Å². The summed E-state index contributed by atoms with van der Waals surface area (Å²) in [7, 11) is -3.41. The molecule has 0 unspecified atom stereocenters. The van der Waals surface area contributed by atoms with Crippen molar-refractivity contribution in [2.75, 3.05) is 22.7 Å². The van der Waals surface area contributed by atoms with Gasteiger partial charge in [-0.05, 0) is 92.6 Å². The SMILES string of the molecule is Cc1cc(N2C(=S)N[C@H](c3ccccn3)[C@@H]2c2cc(C)n(-c3ccc4c(c3)OCO4)c2C)ccc1NS(C)(=O)=O. The lowest BCUT2D eigenvalue weighted by Gasteiger charge is -2.29. The van der Waals surface area contributed by atoms with Gasteiger partial charge in [0.05, 0.1) is 29.7 Å². The molecule has 2 N–H and O–H groups in total. The first kappa shape index (κ1) is 26.1. The van der Waals surface area contributed by atoms with E-state index < -0.39 is 10.0 Å². The molecule has 2 atom stereocenters. The number of thiocarbonyl (C=S) groups is 1. The second-order valence-electron chi connectivity index (χ2n) is 10.1. The summed E-state index contributed by atoms with van der Waals surface area (Å²) >= 11 is 5.91. The average Bonchev–Trinajstić information content (AvgIpc) is 3.59. The number of aromatic nitrogens is 2. The van der Waals surface area contributed by atoms with Gasteiger partial charge in [0, 0.05) is 35.0 Å². The van der Waals surface area contributed by atoms with Crippen LogP contribution in [-0.4, -0.2) is 36.1 Å². The van der Waals surface area contributed by atoms with Crippen molar-refractivity contribution in [3.05, 3.63) is 95.1 Å². The van der Waals surface area contributed by atoms with E-state index >= 15 is 0 Å². The maximum absolute atomic E-state index is 11.9. The van der Waals surface area contributed by atoms with Gasteiger partial charge in [-0.1, -0.05) is 6.07 Å². The van der Waals surface area contributed by atoms with Gasteiger partial charge in [0.1, 0.15) is 0 Å². The van der Waals surface area contributed by atoms with Gasteiger partial charge in [0.2, 0.25) is 16.8 Å². The monoisotopic (exact) mass is 575 g/mol. The third-order valence-electron chi connectivity index (χ3n) is 7.28. The summed E-state index contributed by atoms with van der Waals surface area (Å²) in [4.78, 5) is 6.76. The molecule has 9 nitrogen and oxygen atoms in total. The van der Waals surface area contributed by atoms with Crippen molar-refractivity contribution in [2.45, 2.75) is 32.9 Å². The van der Waals surface area contributed by atoms with E-state index in [9.17, 15) is 8.42 Å². The van der Waals surface area contributed by atoms with Gasteiger partial charge in [0.15, 0.2) is 16.6 Å². The zero-order valence-corrected chi connectivity index (χ0v) is 24.1. The van der Waals surface area contributed by atoms with Crippen LogP contribution in [0, 0.1) is 20.8 Å². The molecule has 0 saturated carbocycles. The van der Waals surface area contributed by atoms with E-state index in [0.717, 1.165) is 57.3 Å². The molecule has 0 bridgehead atoms. The Hall–Kier alpha value is -4.09. The van der Waals surface area contributed by atoms with Crippen LogP contribution in [0.2, 0.25) is 0 Å². The quantitative estimate of drug-likeness (QED) is 0.308. The first-order valence-electron chi connectivity index (χ1n) is 12.8. The highest BCUT2D eigenvalue weighted by Crippen LogP contribution is 2.45. The van der Waals surface area contributed by atoms with Crippen molar-refractivity contribution in [1.82, 2.24) is 14.9 Å². The fourth-order valence-electron chi connectivity index (χ4n) is 5.57. The Bertz CT molecular complexity index is 1740. The standard InChI is InChI=1S/C29H29N5O4S2/c1-17-13-20(8-10-23(17)32-40(4,35)36)34-28(27(31-29(34)39)24-7-5-6-12-30-24)22-14-18(2)33(19(22)3)21-9-11-25-26(15-21)38-16-37-25/h5-15,27-28,32H,16H2,1-4H3,(H,31,39)/t27-,28+/m1/s1. The third-order valence-corrected chi connectivity index (χ3v) is 8.19. The maximum atomic E-state index is 11.9. The Morgan fingerprint density at radius 1 is 1.00 bits per heavy atom. The second-order valence-corrected chi connectivity index (χ2v) is 12.2. The van der Waals surface area contributed by atoms with Crippen molar-refractivity contribution in [2.24, 2.45) is 0 Å². The normalized spacial score (nSPS) is 18.2. The molecule has 40 heavy (non-hydrogen) atoms. The summed E-state index contributed by atoms with van der Waals surface area (Å²) in [5, 5.41) is 4.07. The van der Waals surface area contributed by atoms with E-state index in [-0.39, 0.29) is 18.9 Å². The molecule has 1 fully saturated rings. The molecule has 4 heterocycles. The smallest absolute Gasteiger partial charge is 0.231 e. The van der Waals surface area contributed by atoms with Crippen LogP contribution >= 0.6 is 12.2 Å². The molecule has 0 radical (unpaired) electrons. The molecular formula is C29H29N5O4S2. The number of nitrogens with zero attached hydrogens (tertiary/aromatic N) is 3. The molecule has 0 aliphatic carbocycles. The molecule has 6 rings (SSSR count). The first-order chi connectivity index (χ1) is 19.1.